The van der Waals surface area contributed by atoms with E-state index in [1.165, 1.54) is 6.92 Å². The largest absolute Gasteiger partial charge is 0.479 e. The van der Waals surface area contributed by atoms with Crippen molar-refractivity contribution in [3.05, 3.63) is 35.9 Å². The molecule has 0 radical (unpaired) electrons. The molecule has 1 amide bonds. The van der Waals surface area contributed by atoms with Gasteiger partial charge in [-0.1, -0.05) is 41.9 Å². The number of aliphatic carboxylic acids is 1. The van der Waals surface area contributed by atoms with Crippen molar-refractivity contribution in [1.29, 1.82) is 0 Å². The molecule has 0 fully saturated rings. The lowest BCUT2D eigenvalue weighted by Crippen LogP contribution is -2.30. The Labute approximate surface area is 102 Å². The zero-order chi connectivity index (χ0) is 12.2. The molecule has 0 aromatic heterocycles. The molecule has 0 spiro atoms. The predicted molar refractivity (Wildman–Crippen MR) is 63.0 cm³/mol. The quantitative estimate of drug-likeness (QED) is 0.641. The number of benzene rings is 1. The smallest absolute Gasteiger partial charge is 0.341 e. The van der Waals surface area contributed by atoms with Crippen LogP contribution in [0.15, 0.2) is 30.3 Å². The summed E-state index contributed by atoms with van der Waals surface area (Å²) in [6.07, 6.45) is 0. The minimum absolute atomic E-state index is 0.354. The van der Waals surface area contributed by atoms with Crippen LogP contribution in [-0.4, -0.2) is 17.0 Å². The van der Waals surface area contributed by atoms with Gasteiger partial charge in [0.2, 0.25) is 10.1 Å². The van der Waals surface area contributed by atoms with E-state index in [0.717, 1.165) is 0 Å². The summed E-state index contributed by atoms with van der Waals surface area (Å²) in [6, 6.07) is 8.31. The molecule has 1 atom stereocenters. The number of alkyl halides is 1. The number of carbonyl (C=O) groups excluding carboxylic acids is 1. The van der Waals surface area contributed by atoms with Crippen LogP contribution in [0.25, 0.3) is 0 Å². The molecule has 0 aliphatic carbocycles. The van der Waals surface area contributed by atoms with Crippen molar-refractivity contribution in [3.8, 4) is 0 Å². The van der Waals surface area contributed by atoms with Gasteiger partial charge in [0.25, 0.3) is 0 Å². The molecular formula is C10H10ClNO3S. The third kappa shape index (κ3) is 2.90. The number of carboxylic acids is 1. The molecule has 0 bridgehead atoms. The van der Waals surface area contributed by atoms with Crippen LogP contribution in [0.3, 0.4) is 0 Å². The van der Waals surface area contributed by atoms with Gasteiger partial charge in [-0.3, -0.25) is 9.52 Å². The van der Waals surface area contributed by atoms with Gasteiger partial charge < -0.3 is 5.11 Å². The molecule has 0 saturated carbocycles. The number of rotatable bonds is 4. The van der Waals surface area contributed by atoms with E-state index in [2.05, 4.69) is 4.72 Å². The lowest BCUT2D eigenvalue weighted by molar-refractivity contribution is -0.137. The van der Waals surface area contributed by atoms with Crippen LogP contribution in [0.4, 0.5) is 0 Å². The highest BCUT2D eigenvalue weighted by atomic mass is 35.5. The molecule has 0 aliphatic heterocycles. The van der Waals surface area contributed by atoms with Crippen LogP contribution in [-0.2, 0) is 13.8 Å². The zero-order valence-corrected chi connectivity index (χ0v) is 10.0. The number of carboxylic acid groups (broad SMARTS) is 1. The highest BCUT2D eigenvalue weighted by Gasteiger charge is 2.40. The lowest BCUT2D eigenvalue weighted by Gasteiger charge is -2.21. The van der Waals surface area contributed by atoms with Gasteiger partial charge in [0.05, 0.1) is 0 Å². The van der Waals surface area contributed by atoms with E-state index in [9.17, 15) is 9.59 Å². The molecule has 2 N–H and O–H groups in total. The van der Waals surface area contributed by atoms with E-state index in [4.69, 9.17) is 16.7 Å². The molecule has 86 valence electrons. The summed E-state index contributed by atoms with van der Waals surface area (Å²) in [5, 5.41) is 9.09. The number of amides is 1. The van der Waals surface area contributed by atoms with Crippen molar-refractivity contribution >= 4 is 35.4 Å². The van der Waals surface area contributed by atoms with Crippen LogP contribution in [0.1, 0.15) is 12.5 Å². The molecule has 1 aromatic carbocycles. The van der Waals surface area contributed by atoms with E-state index in [1.807, 2.05) is 0 Å². The first-order valence-corrected chi connectivity index (χ1v) is 5.58. The molecule has 1 unspecified atom stereocenters. The second-order valence-electron chi connectivity index (χ2n) is 3.03. The maximum absolute atomic E-state index is 11.1. The summed E-state index contributed by atoms with van der Waals surface area (Å²) in [4.78, 5) is 21.9. The monoisotopic (exact) mass is 259 g/mol. The van der Waals surface area contributed by atoms with Crippen LogP contribution < -0.4 is 4.72 Å². The fraction of sp³-hybridized carbons (Fsp3) is 0.200. The van der Waals surface area contributed by atoms with Gasteiger partial charge in [0, 0.05) is 6.92 Å². The molecule has 6 heteroatoms. The van der Waals surface area contributed by atoms with Crippen molar-refractivity contribution in [1.82, 2.24) is 4.72 Å². The van der Waals surface area contributed by atoms with Gasteiger partial charge in [-0.2, -0.15) is 0 Å². The lowest BCUT2D eigenvalue weighted by atomic mass is 10.1. The van der Waals surface area contributed by atoms with Crippen molar-refractivity contribution < 1.29 is 14.7 Å². The average Bonchev–Trinajstić information content (AvgIpc) is 2.26. The minimum Gasteiger partial charge on any atom is -0.479 e. The summed E-state index contributed by atoms with van der Waals surface area (Å²) in [5.74, 6) is -1.58. The van der Waals surface area contributed by atoms with Crippen molar-refractivity contribution in [2.24, 2.45) is 0 Å². The maximum atomic E-state index is 11.1. The van der Waals surface area contributed by atoms with Gasteiger partial charge in [-0.05, 0) is 17.5 Å². The Morgan fingerprint density at radius 3 is 2.38 bits per heavy atom. The van der Waals surface area contributed by atoms with Gasteiger partial charge >= 0.3 is 5.97 Å². The Morgan fingerprint density at radius 1 is 1.38 bits per heavy atom. The molecule has 1 aromatic rings. The third-order valence-electron chi connectivity index (χ3n) is 1.76. The van der Waals surface area contributed by atoms with E-state index in [0.29, 0.717) is 17.5 Å². The fourth-order valence-corrected chi connectivity index (χ4v) is 1.89. The Bertz CT molecular complexity index is 398. The standard InChI is InChI=1S/C10H10ClNO3S/c1-7(13)12-16-10(11,9(14)15)8-5-3-2-4-6-8/h2-6H,1H3,(H,12,13)(H,14,15). The van der Waals surface area contributed by atoms with Gasteiger partial charge in [-0.15, -0.1) is 0 Å². The van der Waals surface area contributed by atoms with Crippen LogP contribution in [0.5, 0.6) is 0 Å². The Kier molecular flexibility index (Phi) is 4.20. The molecular weight excluding hydrogens is 250 g/mol. The second kappa shape index (κ2) is 5.23. The van der Waals surface area contributed by atoms with Crippen molar-refractivity contribution in [3.63, 3.8) is 0 Å². The fourth-order valence-electron chi connectivity index (χ4n) is 1.02. The topological polar surface area (TPSA) is 66.4 Å². The molecule has 16 heavy (non-hydrogen) atoms. The molecule has 0 aliphatic rings. The molecule has 4 nitrogen and oxygen atoms in total. The SMILES string of the molecule is CC(=O)NSC(Cl)(C(=O)O)c1ccccc1. The Balaban J connectivity index is 2.98. The Hall–Kier alpha value is -1.20. The highest BCUT2D eigenvalue weighted by Crippen LogP contribution is 2.39. The van der Waals surface area contributed by atoms with E-state index in [-0.39, 0.29) is 5.91 Å². The zero-order valence-electron chi connectivity index (χ0n) is 8.44. The van der Waals surface area contributed by atoms with Gasteiger partial charge in [0.15, 0.2) is 0 Å². The second-order valence-corrected chi connectivity index (χ2v) is 4.84. The molecule has 0 saturated heterocycles. The number of halogens is 1. The summed E-state index contributed by atoms with van der Waals surface area (Å²) in [7, 11) is 0. The first kappa shape index (κ1) is 12.9. The van der Waals surface area contributed by atoms with Crippen LogP contribution >= 0.6 is 23.5 Å². The highest BCUT2D eigenvalue weighted by molar-refractivity contribution is 8.00. The number of nitrogens with one attached hydrogen (secondary N) is 1. The van der Waals surface area contributed by atoms with Crippen molar-refractivity contribution in [2.75, 3.05) is 0 Å². The van der Waals surface area contributed by atoms with E-state index in [1.54, 1.807) is 30.3 Å². The van der Waals surface area contributed by atoms with Gasteiger partial charge in [-0.25, -0.2) is 4.79 Å². The first-order chi connectivity index (χ1) is 7.47. The van der Waals surface area contributed by atoms with Crippen molar-refractivity contribution in [2.45, 2.75) is 11.1 Å². The van der Waals surface area contributed by atoms with Crippen LogP contribution in [0, 0.1) is 0 Å². The van der Waals surface area contributed by atoms with Crippen LogP contribution in [0.2, 0.25) is 0 Å². The number of hydrogen-bond acceptors (Lipinski definition) is 3. The van der Waals surface area contributed by atoms with E-state index >= 15 is 0 Å². The minimum atomic E-state index is -1.70. The summed E-state index contributed by atoms with van der Waals surface area (Å²) in [5.41, 5.74) is 0.405. The van der Waals surface area contributed by atoms with E-state index < -0.39 is 10.2 Å². The first-order valence-electron chi connectivity index (χ1n) is 4.39. The molecule has 0 heterocycles. The normalized spacial score (nSPS) is 13.9. The average molecular weight is 260 g/mol. The maximum Gasteiger partial charge on any atom is 0.341 e. The third-order valence-corrected chi connectivity index (χ3v) is 3.45. The number of carbonyl (C=O) groups is 2. The Morgan fingerprint density at radius 2 is 1.94 bits per heavy atom. The molecule has 1 rings (SSSR count). The number of hydrogen-bond donors (Lipinski definition) is 2. The summed E-state index contributed by atoms with van der Waals surface area (Å²) in [6.45, 7) is 1.29. The van der Waals surface area contributed by atoms with Gasteiger partial charge in [0.1, 0.15) is 0 Å². The predicted octanol–water partition coefficient (Wildman–Crippen LogP) is 1.95. The summed E-state index contributed by atoms with van der Waals surface area (Å²) < 4.78 is 0.629. The summed E-state index contributed by atoms with van der Waals surface area (Å²) >= 11 is 6.65.